The summed E-state index contributed by atoms with van der Waals surface area (Å²) in [5.74, 6) is 1.33. The lowest BCUT2D eigenvalue weighted by molar-refractivity contribution is 0.0939. The molecule has 0 radical (unpaired) electrons. The molecule has 0 aliphatic carbocycles. The van der Waals surface area contributed by atoms with E-state index in [-0.39, 0.29) is 11.9 Å². The number of anilines is 1. The standard InChI is InChI=1S/C21H22ClN5O2/c1-14-17(12-24-27(14)20-5-3-4-9-23-20)21(28)25-16-8-10-26(13-16)18-11-15(22)6-7-19(18)29-2/h3-7,9,11-12,16H,8,10,13H2,1-2H3,(H,25,28). The van der Waals surface area contributed by atoms with E-state index in [2.05, 4.69) is 20.3 Å². The molecule has 1 aliphatic rings. The van der Waals surface area contributed by atoms with Gasteiger partial charge in [-0.05, 0) is 43.7 Å². The highest BCUT2D eigenvalue weighted by atomic mass is 35.5. The first-order valence-corrected chi connectivity index (χ1v) is 9.80. The van der Waals surface area contributed by atoms with Crippen molar-refractivity contribution in [3.05, 3.63) is 65.1 Å². The Kier molecular flexibility index (Phi) is 5.40. The average molecular weight is 412 g/mol. The van der Waals surface area contributed by atoms with Gasteiger partial charge in [-0.2, -0.15) is 5.10 Å². The van der Waals surface area contributed by atoms with Gasteiger partial charge in [0, 0.05) is 30.4 Å². The summed E-state index contributed by atoms with van der Waals surface area (Å²) in [5.41, 5.74) is 2.25. The van der Waals surface area contributed by atoms with Crippen LogP contribution in [0.3, 0.4) is 0 Å². The van der Waals surface area contributed by atoms with Gasteiger partial charge in [0.25, 0.3) is 5.91 Å². The molecule has 1 atom stereocenters. The fourth-order valence-electron chi connectivity index (χ4n) is 3.61. The van der Waals surface area contributed by atoms with Crippen molar-refractivity contribution in [2.24, 2.45) is 0 Å². The third-order valence-corrected chi connectivity index (χ3v) is 5.36. The van der Waals surface area contributed by atoms with Crippen LogP contribution in [0.5, 0.6) is 5.75 Å². The number of nitrogens with one attached hydrogen (secondary N) is 1. The van der Waals surface area contributed by atoms with E-state index >= 15 is 0 Å². The van der Waals surface area contributed by atoms with E-state index in [0.29, 0.717) is 22.9 Å². The van der Waals surface area contributed by atoms with Gasteiger partial charge in [-0.15, -0.1) is 0 Å². The van der Waals surface area contributed by atoms with Crippen molar-refractivity contribution in [1.82, 2.24) is 20.1 Å². The first-order chi connectivity index (χ1) is 14.1. The van der Waals surface area contributed by atoms with Crippen molar-refractivity contribution >= 4 is 23.2 Å². The number of ether oxygens (including phenoxy) is 1. The lowest BCUT2D eigenvalue weighted by atomic mass is 10.2. The third-order valence-electron chi connectivity index (χ3n) is 5.13. The van der Waals surface area contributed by atoms with Crippen LogP contribution in [-0.4, -0.2) is 46.9 Å². The largest absolute Gasteiger partial charge is 0.495 e. The molecule has 2 aromatic heterocycles. The molecular formula is C21H22ClN5O2. The molecule has 0 saturated carbocycles. The van der Waals surface area contributed by atoms with E-state index in [1.165, 1.54) is 0 Å². The Hall–Kier alpha value is -3.06. The predicted octanol–water partition coefficient (Wildman–Crippen LogP) is 3.25. The third kappa shape index (κ3) is 3.91. The second-order valence-corrected chi connectivity index (χ2v) is 7.40. The summed E-state index contributed by atoms with van der Waals surface area (Å²) in [5, 5.41) is 8.11. The second kappa shape index (κ2) is 8.13. The van der Waals surface area contributed by atoms with Crippen LogP contribution >= 0.6 is 11.6 Å². The SMILES string of the molecule is COc1ccc(Cl)cc1N1CCC(NC(=O)c2cnn(-c3ccccn3)c2C)C1. The molecule has 3 heterocycles. The zero-order valence-corrected chi connectivity index (χ0v) is 17.1. The minimum absolute atomic E-state index is 0.0313. The van der Waals surface area contributed by atoms with Crippen molar-refractivity contribution < 1.29 is 9.53 Å². The number of nitrogens with zero attached hydrogens (tertiary/aromatic N) is 4. The molecule has 1 fully saturated rings. The molecule has 1 aliphatic heterocycles. The van der Waals surface area contributed by atoms with Gasteiger partial charge in [0.1, 0.15) is 5.75 Å². The van der Waals surface area contributed by atoms with Crippen molar-refractivity contribution in [3.63, 3.8) is 0 Å². The summed E-state index contributed by atoms with van der Waals surface area (Å²) in [7, 11) is 1.64. The molecule has 0 bridgehead atoms. The molecule has 3 aromatic rings. The van der Waals surface area contributed by atoms with Crippen molar-refractivity contribution in [3.8, 4) is 11.6 Å². The number of pyridine rings is 1. The normalized spacial score (nSPS) is 16.1. The number of methoxy groups -OCH3 is 1. The van der Waals surface area contributed by atoms with Crippen LogP contribution in [0.1, 0.15) is 22.5 Å². The molecule has 1 unspecified atom stereocenters. The fourth-order valence-corrected chi connectivity index (χ4v) is 3.78. The molecule has 150 valence electrons. The highest BCUT2D eigenvalue weighted by molar-refractivity contribution is 6.30. The van der Waals surface area contributed by atoms with Gasteiger partial charge in [0.15, 0.2) is 5.82 Å². The van der Waals surface area contributed by atoms with E-state index in [9.17, 15) is 4.79 Å². The lowest BCUT2D eigenvalue weighted by Crippen LogP contribution is -2.37. The van der Waals surface area contributed by atoms with Gasteiger partial charge in [-0.3, -0.25) is 4.79 Å². The average Bonchev–Trinajstić information content (AvgIpc) is 3.35. The van der Waals surface area contributed by atoms with Crippen LogP contribution < -0.4 is 15.0 Å². The second-order valence-electron chi connectivity index (χ2n) is 6.96. The van der Waals surface area contributed by atoms with E-state index in [1.54, 1.807) is 30.3 Å². The molecule has 7 nitrogen and oxygen atoms in total. The van der Waals surface area contributed by atoms with Crippen molar-refractivity contribution in [2.45, 2.75) is 19.4 Å². The van der Waals surface area contributed by atoms with Gasteiger partial charge < -0.3 is 15.0 Å². The maximum Gasteiger partial charge on any atom is 0.255 e. The number of amides is 1. The quantitative estimate of drug-likeness (QED) is 0.697. The summed E-state index contributed by atoms with van der Waals surface area (Å²) in [6.45, 7) is 3.37. The number of rotatable bonds is 5. The molecule has 0 spiro atoms. The van der Waals surface area contributed by atoms with Crippen LogP contribution in [-0.2, 0) is 0 Å². The molecule has 1 N–H and O–H groups in total. The van der Waals surface area contributed by atoms with Crippen LogP contribution in [0.25, 0.3) is 5.82 Å². The molecule has 1 aromatic carbocycles. The maximum absolute atomic E-state index is 12.8. The number of aromatic nitrogens is 3. The van der Waals surface area contributed by atoms with Crippen molar-refractivity contribution in [2.75, 3.05) is 25.1 Å². The summed E-state index contributed by atoms with van der Waals surface area (Å²) in [6.07, 6.45) is 4.13. The first kappa shape index (κ1) is 19.3. The summed E-state index contributed by atoms with van der Waals surface area (Å²) >= 11 is 6.16. The van der Waals surface area contributed by atoms with Crippen LogP contribution in [0, 0.1) is 6.92 Å². The maximum atomic E-state index is 12.8. The molecule has 1 amide bonds. The number of benzene rings is 1. The van der Waals surface area contributed by atoms with E-state index < -0.39 is 0 Å². The Morgan fingerprint density at radius 3 is 2.93 bits per heavy atom. The predicted molar refractivity (Wildman–Crippen MR) is 112 cm³/mol. The van der Waals surface area contributed by atoms with E-state index in [0.717, 1.165) is 30.1 Å². The van der Waals surface area contributed by atoms with Crippen molar-refractivity contribution in [1.29, 1.82) is 0 Å². The molecule has 8 heteroatoms. The zero-order valence-electron chi connectivity index (χ0n) is 16.3. The summed E-state index contributed by atoms with van der Waals surface area (Å²) < 4.78 is 7.13. The minimum atomic E-state index is -0.130. The van der Waals surface area contributed by atoms with Gasteiger partial charge in [-0.25, -0.2) is 9.67 Å². The Labute approximate surface area is 174 Å². The highest BCUT2D eigenvalue weighted by Gasteiger charge is 2.27. The van der Waals surface area contributed by atoms with Gasteiger partial charge in [-0.1, -0.05) is 17.7 Å². The van der Waals surface area contributed by atoms with E-state index in [4.69, 9.17) is 16.3 Å². The van der Waals surface area contributed by atoms with Crippen LogP contribution in [0.2, 0.25) is 5.02 Å². The first-order valence-electron chi connectivity index (χ1n) is 9.42. The van der Waals surface area contributed by atoms with Gasteiger partial charge >= 0.3 is 0 Å². The van der Waals surface area contributed by atoms with Gasteiger partial charge in [0.05, 0.1) is 30.3 Å². The van der Waals surface area contributed by atoms with Crippen LogP contribution in [0.4, 0.5) is 5.69 Å². The molecule has 4 rings (SSSR count). The Morgan fingerprint density at radius 1 is 1.31 bits per heavy atom. The van der Waals surface area contributed by atoms with Crippen LogP contribution in [0.15, 0.2) is 48.8 Å². The monoisotopic (exact) mass is 411 g/mol. The number of halogens is 1. The Balaban J connectivity index is 1.46. The minimum Gasteiger partial charge on any atom is -0.495 e. The number of carbonyl (C=O) groups excluding carboxylic acids is 1. The van der Waals surface area contributed by atoms with Gasteiger partial charge in [0.2, 0.25) is 0 Å². The topological polar surface area (TPSA) is 72.3 Å². The Bertz CT molecular complexity index is 1020. The molecule has 1 saturated heterocycles. The fraction of sp³-hybridized carbons (Fsp3) is 0.286. The molecule has 29 heavy (non-hydrogen) atoms. The van der Waals surface area contributed by atoms with E-state index in [1.807, 2.05) is 37.3 Å². The molecular weight excluding hydrogens is 390 g/mol. The number of hydrogen-bond acceptors (Lipinski definition) is 5. The summed E-state index contributed by atoms with van der Waals surface area (Å²) in [4.78, 5) is 19.3. The number of carbonyl (C=O) groups is 1. The number of hydrogen-bond donors (Lipinski definition) is 1. The lowest BCUT2D eigenvalue weighted by Gasteiger charge is -2.21. The highest BCUT2D eigenvalue weighted by Crippen LogP contribution is 2.33. The summed E-state index contributed by atoms with van der Waals surface area (Å²) in [6, 6.07) is 11.2. The Morgan fingerprint density at radius 2 is 2.17 bits per heavy atom. The zero-order chi connectivity index (χ0) is 20.4. The smallest absolute Gasteiger partial charge is 0.255 e.